The van der Waals surface area contributed by atoms with Crippen molar-refractivity contribution in [1.82, 2.24) is 10.2 Å². The molecule has 0 bridgehead atoms. The fourth-order valence-corrected chi connectivity index (χ4v) is 4.35. The zero-order valence-electron chi connectivity index (χ0n) is 18.9. The van der Waals surface area contributed by atoms with Gasteiger partial charge in [-0.1, -0.05) is 80.4 Å². The van der Waals surface area contributed by atoms with Gasteiger partial charge in [0.2, 0.25) is 11.8 Å². The molecule has 0 aliphatic heterocycles. The Balaban J connectivity index is 2.13. The Morgan fingerprint density at radius 1 is 1.13 bits per heavy atom. The summed E-state index contributed by atoms with van der Waals surface area (Å²) >= 11 is 7.93. The maximum absolute atomic E-state index is 13.2. The average Bonchev–Trinajstić information content (AvgIpc) is 2.73. The summed E-state index contributed by atoms with van der Waals surface area (Å²) in [6.45, 7) is 9.01. The number of nitrogens with zero attached hydrogens (tertiary/aromatic N) is 1. The number of hydrogen-bond acceptors (Lipinski definition) is 3. The first kappa shape index (κ1) is 25.3. The molecule has 0 aliphatic rings. The second kappa shape index (κ2) is 12.8. The predicted octanol–water partition coefficient (Wildman–Crippen LogP) is 5.46. The third-order valence-corrected chi connectivity index (χ3v) is 6.30. The summed E-state index contributed by atoms with van der Waals surface area (Å²) in [5.74, 6) is 1.25. The molecule has 0 heterocycles. The Morgan fingerprint density at radius 3 is 2.52 bits per heavy atom. The van der Waals surface area contributed by atoms with E-state index in [0.717, 1.165) is 11.3 Å². The van der Waals surface area contributed by atoms with Gasteiger partial charge in [0.25, 0.3) is 0 Å². The van der Waals surface area contributed by atoms with Crippen LogP contribution in [0.5, 0.6) is 0 Å². The molecule has 1 N–H and O–H groups in total. The summed E-state index contributed by atoms with van der Waals surface area (Å²) in [6, 6.07) is 15.2. The van der Waals surface area contributed by atoms with Crippen molar-refractivity contribution in [2.45, 2.75) is 52.5 Å². The van der Waals surface area contributed by atoms with Gasteiger partial charge in [0.05, 0.1) is 5.75 Å². The first-order chi connectivity index (χ1) is 14.8. The maximum atomic E-state index is 13.2. The number of thioether (sulfide) groups is 1. The van der Waals surface area contributed by atoms with Crippen molar-refractivity contribution >= 4 is 35.2 Å². The van der Waals surface area contributed by atoms with E-state index < -0.39 is 6.04 Å². The molecule has 0 aromatic heterocycles. The number of rotatable bonds is 11. The van der Waals surface area contributed by atoms with Gasteiger partial charge in [0, 0.05) is 23.9 Å². The first-order valence-electron chi connectivity index (χ1n) is 10.8. The van der Waals surface area contributed by atoms with Crippen molar-refractivity contribution in [2.24, 2.45) is 5.92 Å². The van der Waals surface area contributed by atoms with Gasteiger partial charge in [-0.2, -0.15) is 0 Å². The third-order valence-electron chi connectivity index (χ3n) is 4.95. The highest BCUT2D eigenvalue weighted by Gasteiger charge is 2.29. The Labute approximate surface area is 195 Å². The summed E-state index contributed by atoms with van der Waals surface area (Å²) in [6.07, 6.45) is 0.544. The molecule has 0 saturated heterocycles. The molecule has 2 aromatic rings. The minimum Gasteiger partial charge on any atom is -0.354 e. The van der Waals surface area contributed by atoms with Crippen molar-refractivity contribution in [3.63, 3.8) is 0 Å². The quantitative estimate of drug-likeness (QED) is 0.484. The Bertz CT molecular complexity index is 872. The van der Waals surface area contributed by atoms with Crippen LogP contribution in [-0.2, 0) is 21.9 Å². The van der Waals surface area contributed by atoms with Crippen LogP contribution in [0.15, 0.2) is 48.5 Å². The molecule has 2 aromatic carbocycles. The SMILES string of the molecule is CCC(C(=O)NCC(C)C)N(Cc1ccccc1Cl)C(=O)CSCc1cccc(C)c1. The molecular formula is C25H33ClN2O2S. The highest BCUT2D eigenvalue weighted by atomic mass is 35.5. The molecule has 168 valence electrons. The van der Waals surface area contributed by atoms with Crippen LogP contribution in [0.4, 0.5) is 0 Å². The molecule has 4 nitrogen and oxygen atoms in total. The van der Waals surface area contributed by atoms with E-state index in [1.165, 1.54) is 11.1 Å². The predicted molar refractivity (Wildman–Crippen MR) is 131 cm³/mol. The number of amides is 2. The molecule has 0 aliphatic carbocycles. The average molecular weight is 461 g/mol. The second-order valence-corrected chi connectivity index (χ2v) is 9.55. The van der Waals surface area contributed by atoms with Crippen molar-refractivity contribution < 1.29 is 9.59 Å². The minimum atomic E-state index is -0.526. The van der Waals surface area contributed by atoms with Crippen LogP contribution < -0.4 is 5.32 Å². The zero-order chi connectivity index (χ0) is 22.8. The van der Waals surface area contributed by atoms with Crippen LogP contribution in [0.25, 0.3) is 0 Å². The zero-order valence-corrected chi connectivity index (χ0v) is 20.4. The molecule has 6 heteroatoms. The number of benzene rings is 2. The van der Waals surface area contributed by atoms with E-state index in [4.69, 9.17) is 11.6 Å². The van der Waals surface area contributed by atoms with Crippen LogP contribution in [0.1, 0.15) is 43.9 Å². The molecule has 0 spiro atoms. The normalized spacial score (nSPS) is 11.9. The monoisotopic (exact) mass is 460 g/mol. The van der Waals surface area contributed by atoms with Gasteiger partial charge in [0.1, 0.15) is 6.04 Å². The summed E-state index contributed by atoms with van der Waals surface area (Å²) in [5, 5.41) is 3.59. The Kier molecular flexibility index (Phi) is 10.4. The van der Waals surface area contributed by atoms with E-state index in [9.17, 15) is 9.59 Å². The number of hydrogen-bond donors (Lipinski definition) is 1. The van der Waals surface area contributed by atoms with Crippen LogP contribution in [0.2, 0.25) is 5.02 Å². The van der Waals surface area contributed by atoms with Gasteiger partial charge in [0.15, 0.2) is 0 Å². The summed E-state index contributed by atoms with van der Waals surface area (Å²) in [7, 11) is 0. The van der Waals surface area contributed by atoms with Gasteiger partial charge in [-0.05, 0) is 36.5 Å². The Morgan fingerprint density at radius 2 is 1.87 bits per heavy atom. The lowest BCUT2D eigenvalue weighted by Gasteiger charge is -2.31. The highest BCUT2D eigenvalue weighted by molar-refractivity contribution is 7.99. The van der Waals surface area contributed by atoms with Crippen LogP contribution in [0, 0.1) is 12.8 Å². The summed E-state index contributed by atoms with van der Waals surface area (Å²) in [4.78, 5) is 27.8. The maximum Gasteiger partial charge on any atom is 0.242 e. The third kappa shape index (κ3) is 8.23. The number of aryl methyl sites for hydroxylation is 1. The number of halogens is 1. The molecule has 1 atom stereocenters. The number of nitrogens with one attached hydrogen (secondary N) is 1. The van der Waals surface area contributed by atoms with Crippen LogP contribution in [-0.4, -0.2) is 35.1 Å². The van der Waals surface area contributed by atoms with Crippen molar-refractivity contribution in [2.75, 3.05) is 12.3 Å². The Hall–Kier alpha value is -1.98. The van der Waals surface area contributed by atoms with Crippen LogP contribution >= 0.6 is 23.4 Å². The molecule has 31 heavy (non-hydrogen) atoms. The molecule has 0 saturated carbocycles. The fourth-order valence-electron chi connectivity index (χ4n) is 3.29. The fraction of sp³-hybridized carbons (Fsp3) is 0.440. The lowest BCUT2D eigenvalue weighted by Crippen LogP contribution is -2.50. The molecule has 0 radical (unpaired) electrons. The van der Waals surface area contributed by atoms with E-state index in [1.807, 2.05) is 37.3 Å². The molecule has 2 rings (SSSR count). The van der Waals surface area contributed by atoms with Crippen molar-refractivity contribution in [3.05, 3.63) is 70.2 Å². The highest BCUT2D eigenvalue weighted by Crippen LogP contribution is 2.21. The standard InChI is InChI=1S/C25H33ClN2O2S/c1-5-23(25(30)27-14-18(2)3)28(15-21-11-6-7-12-22(21)26)24(29)17-31-16-20-10-8-9-19(4)13-20/h6-13,18,23H,5,14-17H2,1-4H3,(H,27,30). The van der Waals surface area contributed by atoms with Gasteiger partial charge in [-0.15, -0.1) is 11.8 Å². The molecule has 0 fully saturated rings. The van der Waals surface area contributed by atoms with E-state index >= 15 is 0 Å². The molecular weight excluding hydrogens is 428 g/mol. The van der Waals surface area contributed by atoms with Crippen molar-refractivity contribution in [3.8, 4) is 0 Å². The topological polar surface area (TPSA) is 49.4 Å². The minimum absolute atomic E-state index is 0.0517. The van der Waals surface area contributed by atoms with Gasteiger partial charge >= 0.3 is 0 Å². The summed E-state index contributed by atoms with van der Waals surface area (Å²) in [5.41, 5.74) is 3.24. The van der Waals surface area contributed by atoms with E-state index in [-0.39, 0.29) is 11.8 Å². The first-order valence-corrected chi connectivity index (χ1v) is 12.3. The molecule has 1 unspecified atom stereocenters. The lowest BCUT2D eigenvalue weighted by molar-refractivity contribution is -0.139. The smallest absolute Gasteiger partial charge is 0.242 e. The van der Waals surface area contributed by atoms with Gasteiger partial charge in [-0.25, -0.2) is 0 Å². The molecule has 2 amide bonds. The summed E-state index contributed by atoms with van der Waals surface area (Å²) < 4.78 is 0. The van der Waals surface area contributed by atoms with E-state index in [0.29, 0.717) is 36.2 Å². The second-order valence-electron chi connectivity index (χ2n) is 8.16. The number of carbonyl (C=O) groups is 2. The van der Waals surface area contributed by atoms with Crippen molar-refractivity contribution in [1.29, 1.82) is 0 Å². The van der Waals surface area contributed by atoms with Crippen LogP contribution in [0.3, 0.4) is 0 Å². The lowest BCUT2D eigenvalue weighted by atomic mass is 10.1. The van der Waals surface area contributed by atoms with E-state index in [1.54, 1.807) is 16.7 Å². The number of carbonyl (C=O) groups excluding carboxylic acids is 2. The van der Waals surface area contributed by atoms with E-state index in [2.05, 4.69) is 44.3 Å². The largest absolute Gasteiger partial charge is 0.354 e. The van der Waals surface area contributed by atoms with Gasteiger partial charge < -0.3 is 10.2 Å². The van der Waals surface area contributed by atoms with Gasteiger partial charge in [-0.3, -0.25) is 9.59 Å².